The van der Waals surface area contributed by atoms with Crippen LogP contribution >= 0.6 is 0 Å². The molecule has 0 atom stereocenters. The minimum atomic E-state index is 0.824. The van der Waals surface area contributed by atoms with Crippen molar-refractivity contribution >= 4 is 5.82 Å². The van der Waals surface area contributed by atoms with Crippen molar-refractivity contribution in [2.45, 2.75) is 34.1 Å². The van der Waals surface area contributed by atoms with Gasteiger partial charge in [0.1, 0.15) is 11.6 Å². The van der Waals surface area contributed by atoms with Gasteiger partial charge in [-0.3, -0.25) is 4.98 Å². The van der Waals surface area contributed by atoms with Gasteiger partial charge in [0.25, 0.3) is 0 Å². The third kappa shape index (κ3) is 2.72. The van der Waals surface area contributed by atoms with Crippen molar-refractivity contribution in [3.8, 4) is 11.3 Å². The molecule has 0 saturated carbocycles. The molecule has 0 fully saturated rings. The molecule has 2 heterocycles. The quantitative estimate of drug-likeness (QED) is 0.913. The van der Waals surface area contributed by atoms with Gasteiger partial charge in [-0.1, -0.05) is 6.92 Å². The van der Waals surface area contributed by atoms with E-state index in [1.54, 1.807) is 6.20 Å². The molecule has 2 rings (SSSR count). The van der Waals surface area contributed by atoms with Crippen molar-refractivity contribution in [1.82, 2.24) is 15.0 Å². The maximum atomic E-state index is 4.67. The lowest BCUT2D eigenvalue weighted by Gasteiger charge is -2.14. The Labute approximate surface area is 114 Å². The largest absolute Gasteiger partial charge is 0.370 e. The average molecular weight is 256 g/mol. The number of nitrogens with zero attached hydrogens (tertiary/aromatic N) is 3. The lowest BCUT2D eigenvalue weighted by Crippen LogP contribution is -2.08. The summed E-state index contributed by atoms with van der Waals surface area (Å²) in [6.45, 7) is 9.13. The van der Waals surface area contributed by atoms with Gasteiger partial charge in [0.2, 0.25) is 0 Å². The summed E-state index contributed by atoms with van der Waals surface area (Å²) in [4.78, 5) is 13.4. The SMILES string of the molecule is CCNc1nc(CC)nc(-c2cnccc2C)c1C. The van der Waals surface area contributed by atoms with Crippen molar-refractivity contribution in [3.63, 3.8) is 0 Å². The lowest BCUT2D eigenvalue weighted by molar-refractivity contribution is 0.929. The topological polar surface area (TPSA) is 50.7 Å². The first-order valence-corrected chi connectivity index (χ1v) is 6.69. The van der Waals surface area contributed by atoms with Crippen molar-refractivity contribution < 1.29 is 0 Å². The normalized spacial score (nSPS) is 10.5. The number of hydrogen-bond acceptors (Lipinski definition) is 4. The van der Waals surface area contributed by atoms with Crippen molar-refractivity contribution in [2.75, 3.05) is 11.9 Å². The fourth-order valence-corrected chi connectivity index (χ4v) is 2.03. The Bertz CT molecular complexity index is 578. The number of aromatic nitrogens is 3. The molecule has 0 aromatic carbocycles. The van der Waals surface area contributed by atoms with Crippen LogP contribution in [0.5, 0.6) is 0 Å². The summed E-state index contributed by atoms with van der Waals surface area (Å²) in [6, 6.07) is 2.01. The van der Waals surface area contributed by atoms with Gasteiger partial charge in [0.15, 0.2) is 0 Å². The van der Waals surface area contributed by atoms with Gasteiger partial charge in [-0.05, 0) is 32.4 Å². The molecule has 100 valence electrons. The van der Waals surface area contributed by atoms with Crippen LogP contribution in [0.15, 0.2) is 18.5 Å². The van der Waals surface area contributed by atoms with Crippen molar-refractivity contribution in [1.29, 1.82) is 0 Å². The van der Waals surface area contributed by atoms with Crippen LogP contribution in [0.3, 0.4) is 0 Å². The highest BCUT2D eigenvalue weighted by Crippen LogP contribution is 2.27. The van der Waals surface area contributed by atoms with Crippen LogP contribution in [-0.4, -0.2) is 21.5 Å². The van der Waals surface area contributed by atoms with E-state index in [0.29, 0.717) is 0 Å². The third-order valence-corrected chi connectivity index (χ3v) is 3.15. The van der Waals surface area contributed by atoms with Gasteiger partial charge in [-0.15, -0.1) is 0 Å². The van der Waals surface area contributed by atoms with E-state index >= 15 is 0 Å². The molecule has 2 aromatic heterocycles. The van der Waals surface area contributed by atoms with Crippen LogP contribution in [0.2, 0.25) is 0 Å². The van der Waals surface area contributed by atoms with E-state index in [2.05, 4.69) is 48.0 Å². The maximum Gasteiger partial charge on any atom is 0.133 e. The van der Waals surface area contributed by atoms with Crippen LogP contribution in [0.1, 0.15) is 30.8 Å². The Kier molecular flexibility index (Phi) is 4.10. The number of aryl methyl sites for hydroxylation is 2. The number of rotatable bonds is 4. The summed E-state index contributed by atoms with van der Waals surface area (Å²) in [5.74, 6) is 1.78. The summed E-state index contributed by atoms with van der Waals surface area (Å²) in [5.41, 5.74) is 4.32. The molecule has 0 bridgehead atoms. The van der Waals surface area contributed by atoms with Crippen LogP contribution in [0.25, 0.3) is 11.3 Å². The summed E-state index contributed by atoms with van der Waals surface area (Å²) in [6.07, 6.45) is 4.51. The summed E-state index contributed by atoms with van der Waals surface area (Å²) in [7, 11) is 0. The Morgan fingerprint density at radius 2 is 1.95 bits per heavy atom. The van der Waals surface area contributed by atoms with Gasteiger partial charge in [0.05, 0.1) is 5.69 Å². The standard InChI is InChI=1S/C15H20N4/c1-5-13-18-14(11(4)15(19-13)17-6-2)12-9-16-8-7-10(12)3/h7-9H,5-6H2,1-4H3,(H,17,18,19). The molecule has 4 nitrogen and oxygen atoms in total. The second-order valence-corrected chi connectivity index (χ2v) is 4.54. The average Bonchev–Trinajstić information content (AvgIpc) is 2.42. The predicted molar refractivity (Wildman–Crippen MR) is 78.3 cm³/mol. The van der Waals surface area contributed by atoms with E-state index in [1.807, 2.05) is 12.3 Å². The second kappa shape index (κ2) is 5.78. The van der Waals surface area contributed by atoms with Gasteiger partial charge in [0, 0.05) is 36.5 Å². The highest BCUT2D eigenvalue weighted by Gasteiger charge is 2.13. The van der Waals surface area contributed by atoms with Crippen LogP contribution in [0, 0.1) is 13.8 Å². The first-order valence-electron chi connectivity index (χ1n) is 6.69. The van der Waals surface area contributed by atoms with Gasteiger partial charge >= 0.3 is 0 Å². The highest BCUT2D eigenvalue weighted by atomic mass is 15.0. The molecule has 0 spiro atoms. The lowest BCUT2D eigenvalue weighted by atomic mass is 10.0. The molecule has 0 aliphatic carbocycles. The molecule has 0 unspecified atom stereocenters. The Morgan fingerprint density at radius 3 is 2.58 bits per heavy atom. The minimum Gasteiger partial charge on any atom is -0.370 e. The molecule has 1 N–H and O–H groups in total. The molecule has 19 heavy (non-hydrogen) atoms. The van der Waals surface area contributed by atoms with Crippen LogP contribution in [0.4, 0.5) is 5.82 Å². The Morgan fingerprint density at radius 1 is 1.16 bits per heavy atom. The number of pyridine rings is 1. The van der Waals surface area contributed by atoms with E-state index in [-0.39, 0.29) is 0 Å². The first kappa shape index (κ1) is 13.5. The zero-order chi connectivity index (χ0) is 13.8. The van der Waals surface area contributed by atoms with Gasteiger partial charge < -0.3 is 5.32 Å². The fourth-order valence-electron chi connectivity index (χ4n) is 2.03. The van der Waals surface area contributed by atoms with E-state index in [4.69, 9.17) is 0 Å². The third-order valence-electron chi connectivity index (χ3n) is 3.15. The smallest absolute Gasteiger partial charge is 0.133 e. The van der Waals surface area contributed by atoms with E-state index in [1.165, 1.54) is 5.56 Å². The Hall–Kier alpha value is -1.97. The van der Waals surface area contributed by atoms with Crippen molar-refractivity contribution in [2.24, 2.45) is 0 Å². The molecule has 4 heteroatoms. The first-order chi connectivity index (χ1) is 9.17. The zero-order valence-electron chi connectivity index (χ0n) is 12.0. The summed E-state index contributed by atoms with van der Waals surface area (Å²) < 4.78 is 0. The molecular formula is C15H20N4. The van der Waals surface area contributed by atoms with Gasteiger partial charge in [-0.2, -0.15) is 0 Å². The van der Waals surface area contributed by atoms with Gasteiger partial charge in [-0.25, -0.2) is 9.97 Å². The van der Waals surface area contributed by atoms with E-state index in [9.17, 15) is 0 Å². The number of nitrogens with one attached hydrogen (secondary N) is 1. The van der Waals surface area contributed by atoms with Crippen molar-refractivity contribution in [3.05, 3.63) is 35.4 Å². The molecule has 0 aliphatic heterocycles. The van der Waals surface area contributed by atoms with Crippen LogP contribution in [-0.2, 0) is 6.42 Å². The number of anilines is 1. The molecule has 0 saturated heterocycles. The molecule has 0 aliphatic rings. The number of hydrogen-bond donors (Lipinski definition) is 1. The maximum absolute atomic E-state index is 4.67. The van der Waals surface area contributed by atoms with Crippen LogP contribution < -0.4 is 5.32 Å². The molecular weight excluding hydrogens is 236 g/mol. The molecule has 0 amide bonds. The fraction of sp³-hybridized carbons (Fsp3) is 0.400. The van der Waals surface area contributed by atoms with E-state index < -0.39 is 0 Å². The monoisotopic (exact) mass is 256 g/mol. The highest BCUT2D eigenvalue weighted by molar-refractivity contribution is 5.70. The predicted octanol–water partition coefficient (Wildman–Crippen LogP) is 3.15. The van der Waals surface area contributed by atoms with E-state index in [0.717, 1.165) is 41.4 Å². The Balaban J connectivity index is 2.62. The molecule has 0 radical (unpaired) electrons. The molecule has 2 aromatic rings. The second-order valence-electron chi connectivity index (χ2n) is 4.54. The summed E-state index contributed by atoms with van der Waals surface area (Å²) >= 11 is 0. The summed E-state index contributed by atoms with van der Waals surface area (Å²) in [5, 5.41) is 3.31. The zero-order valence-corrected chi connectivity index (χ0v) is 12.0. The minimum absolute atomic E-state index is 0.824.